The minimum absolute atomic E-state index is 0.0380. The molecule has 0 spiro atoms. The molecule has 1 aliphatic heterocycles. The van der Waals surface area contributed by atoms with Gasteiger partial charge in [0, 0.05) is 30.3 Å². The summed E-state index contributed by atoms with van der Waals surface area (Å²) in [4.78, 5) is 14.0. The van der Waals surface area contributed by atoms with Crippen molar-refractivity contribution >= 4 is 19.9 Å². The molecule has 2 atom stereocenters. The molecule has 30 heavy (non-hydrogen) atoms. The van der Waals surface area contributed by atoms with Crippen LogP contribution in [0.1, 0.15) is 52.6 Å². The zero-order valence-electron chi connectivity index (χ0n) is 19.3. The van der Waals surface area contributed by atoms with Gasteiger partial charge in [0.25, 0.3) is 0 Å². The van der Waals surface area contributed by atoms with Crippen molar-refractivity contribution in [3.05, 3.63) is 30.0 Å². The van der Waals surface area contributed by atoms with Gasteiger partial charge in [0.1, 0.15) is 5.69 Å². The molecule has 0 aliphatic carbocycles. The Morgan fingerprint density at radius 3 is 2.67 bits per heavy atom. The van der Waals surface area contributed by atoms with E-state index in [9.17, 15) is 4.79 Å². The molecule has 1 aromatic heterocycles. The van der Waals surface area contributed by atoms with Crippen LogP contribution >= 0.6 is 0 Å². The molecule has 3 rings (SSSR count). The fourth-order valence-electron chi connectivity index (χ4n) is 3.70. The SMILES string of the molecule is CC(=O)N1c2ccc(-c3cn(CCO[Si](C)(C)C(C)(C)C)nn3)cc2C(N)CC1C. The van der Waals surface area contributed by atoms with Gasteiger partial charge in [0.2, 0.25) is 5.91 Å². The van der Waals surface area contributed by atoms with E-state index in [-0.39, 0.29) is 23.0 Å². The van der Waals surface area contributed by atoms with E-state index < -0.39 is 8.32 Å². The number of fused-ring (bicyclic) bond motifs is 1. The van der Waals surface area contributed by atoms with E-state index in [0.29, 0.717) is 13.2 Å². The highest BCUT2D eigenvalue weighted by Crippen LogP contribution is 2.38. The van der Waals surface area contributed by atoms with Crippen molar-refractivity contribution in [1.82, 2.24) is 15.0 Å². The Hall–Kier alpha value is -2.03. The lowest BCUT2D eigenvalue weighted by Gasteiger charge is -2.37. The summed E-state index contributed by atoms with van der Waals surface area (Å²) in [6.45, 7) is 16.1. The van der Waals surface area contributed by atoms with Gasteiger partial charge in [-0.1, -0.05) is 32.1 Å². The van der Waals surface area contributed by atoms with Crippen LogP contribution < -0.4 is 10.6 Å². The number of amides is 1. The first-order valence-corrected chi connectivity index (χ1v) is 13.6. The highest BCUT2D eigenvalue weighted by atomic mass is 28.4. The Bertz CT molecular complexity index is 918. The monoisotopic (exact) mass is 429 g/mol. The zero-order chi connectivity index (χ0) is 22.3. The van der Waals surface area contributed by atoms with Crippen LogP contribution in [0.4, 0.5) is 5.69 Å². The molecule has 7 nitrogen and oxygen atoms in total. The van der Waals surface area contributed by atoms with Crippen molar-refractivity contribution in [2.45, 2.75) is 77.8 Å². The molecular formula is C22H35N5O2Si. The van der Waals surface area contributed by atoms with Crippen LogP contribution in [0.15, 0.2) is 24.4 Å². The first kappa shape index (κ1) is 22.6. The molecule has 1 aliphatic rings. The van der Waals surface area contributed by atoms with Crippen LogP contribution in [-0.4, -0.2) is 41.9 Å². The molecule has 0 bridgehead atoms. The smallest absolute Gasteiger partial charge is 0.224 e. The molecule has 2 heterocycles. The highest BCUT2D eigenvalue weighted by molar-refractivity contribution is 6.74. The molecule has 1 aromatic carbocycles. The number of aromatic nitrogens is 3. The summed E-state index contributed by atoms with van der Waals surface area (Å²) < 4.78 is 8.07. The molecule has 8 heteroatoms. The molecule has 2 N–H and O–H groups in total. The van der Waals surface area contributed by atoms with Crippen LogP contribution in [0.3, 0.4) is 0 Å². The van der Waals surface area contributed by atoms with Gasteiger partial charge >= 0.3 is 0 Å². The maximum absolute atomic E-state index is 12.1. The van der Waals surface area contributed by atoms with Crippen molar-refractivity contribution in [1.29, 1.82) is 0 Å². The summed E-state index contributed by atoms with van der Waals surface area (Å²) in [6, 6.07) is 6.00. The standard InChI is InChI=1S/C22H35N5O2Si/c1-15-12-19(23)18-13-17(8-9-21(18)27(15)16(2)28)20-14-26(25-24-20)10-11-29-30(6,7)22(3,4)5/h8-9,13-15,19H,10-12,23H2,1-7H3. The van der Waals surface area contributed by atoms with Gasteiger partial charge in [-0.05, 0) is 49.2 Å². The fourth-order valence-corrected chi connectivity index (χ4v) is 4.73. The van der Waals surface area contributed by atoms with Crippen molar-refractivity contribution in [2.75, 3.05) is 11.5 Å². The van der Waals surface area contributed by atoms with Crippen LogP contribution in [0.5, 0.6) is 0 Å². The Morgan fingerprint density at radius 1 is 1.33 bits per heavy atom. The molecule has 2 aromatic rings. The van der Waals surface area contributed by atoms with Gasteiger partial charge in [0.05, 0.1) is 19.3 Å². The number of benzene rings is 1. The van der Waals surface area contributed by atoms with Gasteiger partial charge in [-0.25, -0.2) is 4.68 Å². The summed E-state index contributed by atoms with van der Waals surface area (Å²) in [7, 11) is -1.77. The quantitative estimate of drug-likeness (QED) is 0.723. The number of rotatable bonds is 5. The number of hydrogen-bond donors (Lipinski definition) is 1. The van der Waals surface area contributed by atoms with Gasteiger partial charge in [-0.15, -0.1) is 5.10 Å². The minimum Gasteiger partial charge on any atom is -0.415 e. The zero-order valence-corrected chi connectivity index (χ0v) is 20.3. The highest BCUT2D eigenvalue weighted by Gasteiger charge is 2.37. The fraction of sp³-hybridized carbons (Fsp3) is 0.591. The number of nitrogens with zero attached hydrogens (tertiary/aromatic N) is 4. The number of hydrogen-bond acceptors (Lipinski definition) is 5. The van der Waals surface area contributed by atoms with E-state index in [1.165, 1.54) is 0 Å². The molecular weight excluding hydrogens is 394 g/mol. The lowest BCUT2D eigenvalue weighted by Crippen LogP contribution is -2.43. The second-order valence-electron chi connectivity index (χ2n) is 9.83. The van der Waals surface area contributed by atoms with Crippen LogP contribution in [0, 0.1) is 0 Å². The molecule has 0 saturated carbocycles. The lowest BCUT2D eigenvalue weighted by molar-refractivity contribution is -0.117. The summed E-state index contributed by atoms with van der Waals surface area (Å²) in [5.41, 5.74) is 10.0. The topological polar surface area (TPSA) is 86.3 Å². The maximum Gasteiger partial charge on any atom is 0.224 e. The predicted octanol–water partition coefficient (Wildman–Crippen LogP) is 4.11. The first-order chi connectivity index (χ1) is 13.9. The van der Waals surface area contributed by atoms with Crippen molar-refractivity contribution < 1.29 is 9.22 Å². The van der Waals surface area contributed by atoms with E-state index >= 15 is 0 Å². The van der Waals surface area contributed by atoms with E-state index in [2.05, 4.69) is 44.2 Å². The third kappa shape index (κ3) is 4.50. The molecule has 1 amide bonds. The molecule has 0 fully saturated rings. The number of carbonyl (C=O) groups excluding carboxylic acids is 1. The summed E-state index contributed by atoms with van der Waals surface area (Å²) >= 11 is 0. The van der Waals surface area contributed by atoms with Crippen molar-refractivity contribution in [2.24, 2.45) is 5.73 Å². The van der Waals surface area contributed by atoms with Gasteiger partial charge in [-0.2, -0.15) is 0 Å². The number of carbonyl (C=O) groups is 1. The Labute approximate surface area is 180 Å². The average molecular weight is 430 g/mol. The number of anilines is 1. The van der Waals surface area contributed by atoms with E-state index in [1.54, 1.807) is 6.92 Å². The Balaban J connectivity index is 1.75. The second-order valence-corrected chi connectivity index (χ2v) is 14.6. The summed E-state index contributed by atoms with van der Waals surface area (Å²) in [5, 5.41) is 8.80. The van der Waals surface area contributed by atoms with E-state index in [0.717, 1.165) is 28.9 Å². The van der Waals surface area contributed by atoms with Crippen molar-refractivity contribution in [3.8, 4) is 11.3 Å². The molecule has 164 valence electrons. The Kier molecular flexibility index (Phi) is 6.22. The van der Waals surface area contributed by atoms with Crippen molar-refractivity contribution in [3.63, 3.8) is 0 Å². The lowest BCUT2D eigenvalue weighted by atomic mass is 9.90. The maximum atomic E-state index is 12.1. The second kappa shape index (κ2) is 8.24. The van der Waals surface area contributed by atoms with Gasteiger partial charge in [0.15, 0.2) is 8.32 Å². The predicted molar refractivity (Wildman–Crippen MR) is 123 cm³/mol. The molecule has 0 saturated heterocycles. The van der Waals surface area contributed by atoms with Gasteiger partial charge < -0.3 is 15.1 Å². The van der Waals surface area contributed by atoms with E-state index in [1.807, 2.05) is 40.9 Å². The van der Waals surface area contributed by atoms with Gasteiger partial charge in [-0.3, -0.25) is 4.79 Å². The third-order valence-corrected chi connectivity index (χ3v) is 11.0. The van der Waals surface area contributed by atoms with Crippen LogP contribution in [-0.2, 0) is 15.8 Å². The first-order valence-electron chi connectivity index (χ1n) is 10.6. The molecule has 2 unspecified atom stereocenters. The summed E-state index contributed by atoms with van der Waals surface area (Å²) in [6.07, 6.45) is 2.68. The minimum atomic E-state index is -1.77. The number of nitrogens with two attached hydrogens (primary N) is 1. The summed E-state index contributed by atoms with van der Waals surface area (Å²) in [5.74, 6) is 0.0380. The average Bonchev–Trinajstić information content (AvgIpc) is 3.09. The normalized spacial score (nSPS) is 19.7. The van der Waals surface area contributed by atoms with E-state index in [4.69, 9.17) is 10.2 Å². The third-order valence-electron chi connectivity index (χ3n) is 6.49. The molecule has 0 radical (unpaired) electrons. The van der Waals surface area contributed by atoms with Crippen LogP contribution in [0.25, 0.3) is 11.3 Å². The largest absolute Gasteiger partial charge is 0.415 e. The van der Waals surface area contributed by atoms with Crippen LogP contribution in [0.2, 0.25) is 18.1 Å². The Morgan fingerprint density at radius 2 is 2.03 bits per heavy atom.